The molecule has 0 amide bonds. The SMILES string of the molecule is COCOc1ccc(N2CCCC(N)C2)c(C)c1. The molecule has 1 heterocycles. The van der Waals surface area contributed by atoms with Crippen LogP contribution in [0.3, 0.4) is 0 Å². The Bertz CT molecular complexity index is 395. The maximum absolute atomic E-state index is 6.03. The van der Waals surface area contributed by atoms with Crippen LogP contribution in [0.25, 0.3) is 0 Å². The first-order valence-corrected chi connectivity index (χ1v) is 6.43. The van der Waals surface area contributed by atoms with Crippen LogP contribution in [-0.2, 0) is 4.74 Å². The fourth-order valence-corrected chi connectivity index (χ4v) is 2.43. The van der Waals surface area contributed by atoms with Crippen LogP contribution in [0.1, 0.15) is 18.4 Å². The van der Waals surface area contributed by atoms with E-state index in [4.69, 9.17) is 15.2 Å². The molecular formula is C14H22N2O2. The summed E-state index contributed by atoms with van der Waals surface area (Å²) in [6.07, 6.45) is 2.30. The number of rotatable bonds is 4. The number of anilines is 1. The summed E-state index contributed by atoms with van der Waals surface area (Å²) in [5, 5.41) is 0. The third-order valence-corrected chi connectivity index (χ3v) is 3.31. The van der Waals surface area contributed by atoms with E-state index in [2.05, 4.69) is 24.0 Å². The molecule has 0 spiro atoms. The second-order valence-corrected chi connectivity index (χ2v) is 4.85. The van der Waals surface area contributed by atoms with Gasteiger partial charge < -0.3 is 20.1 Å². The zero-order valence-electron chi connectivity index (χ0n) is 11.2. The third kappa shape index (κ3) is 3.15. The predicted octanol–water partition coefficient (Wildman–Crippen LogP) is 1.91. The molecule has 1 atom stereocenters. The Balaban J connectivity index is 2.08. The lowest BCUT2D eigenvalue weighted by Gasteiger charge is -2.33. The Morgan fingerprint density at radius 3 is 2.94 bits per heavy atom. The van der Waals surface area contributed by atoms with Crippen LogP contribution in [-0.4, -0.2) is 33.0 Å². The molecule has 0 saturated carbocycles. The van der Waals surface area contributed by atoms with Crippen LogP contribution >= 0.6 is 0 Å². The van der Waals surface area contributed by atoms with Gasteiger partial charge in [-0.2, -0.15) is 0 Å². The van der Waals surface area contributed by atoms with Gasteiger partial charge >= 0.3 is 0 Å². The number of aryl methyl sites for hydroxylation is 1. The second kappa shape index (κ2) is 6.07. The maximum Gasteiger partial charge on any atom is 0.188 e. The summed E-state index contributed by atoms with van der Waals surface area (Å²) in [6, 6.07) is 6.44. The molecule has 2 N–H and O–H groups in total. The van der Waals surface area contributed by atoms with Crippen molar-refractivity contribution in [1.82, 2.24) is 0 Å². The van der Waals surface area contributed by atoms with E-state index in [9.17, 15) is 0 Å². The molecule has 2 rings (SSSR count). The Hall–Kier alpha value is -1.26. The fourth-order valence-electron chi connectivity index (χ4n) is 2.43. The van der Waals surface area contributed by atoms with E-state index in [1.165, 1.54) is 17.7 Å². The normalized spacial score (nSPS) is 19.9. The largest absolute Gasteiger partial charge is 0.468 e. The average molecular weight is 250 g/mol. The maximum atomic E-state index is 6.03. The van der Waals surface area contributed by atoms with E-state index >= 15 is 0 Å². The van der Waals surface area contributed by atoms with Gasteiger partial charge in [-0.05, 0) is 43.5 Å². The standard InChI is InChI=1S/C14H22N2O2/c1-11-8-13(18-10-17-2)5-6-14(11)16-7-3-4-12(15)9-16/h5-6,8,12H,3-4,7,9-10,15H2,1-2H3. The Labute approximate surface area is 109 Å². The van der Waals surface area contributed by atoms with E-state index in [0.29, 0.717) is 6.04 Å². The molecule has 1 saturated heterocycles. The summed E-state index contributed by atoms with van der Waals surface area (Å²) in [5.41, 5.74) is 8.50. The number of benzene rings is 1. The van der Waals surface area contributed by atoms with Gasteiger partial charge in [-0.25, -0.2) is 0 Å². The summed E-state index contributed by atoms with van der Waals surface area (Å²) in [4.78, 5) is 2.36. The quantitative estimate of drug-likeness (QED) is 0.829. The van der Waals surface area contributed by atoms with Crippen molar-refractivity contribution < 1.29 is 9.47 Å². The van der Waals surface area contributed by atoms with Gasteiger partial charge in [0, 0.05) is 31.9 Å². The average Bonchev–Trinajstić information content (AvgIpc) is 2.36. The number of hydrogen-bond donors (Lipinski definition) is 1. The van der Waals surface area contributed by atoms with Crippen molar-refractivity contribution in [2.75, 3.05) is 31.9 Å². The molecule has 4 heteroatoms. The summed E-state index contributed by atoms with van der Waals surface area (Å²) >= 11 is 0. The molecule has 0 aromatic heterocycles. The summed E-state index contributed by atoms with van der Waals surface area (Å²) in [5.74, 6) is 0.847. The van der Waals surface area contributed by atoms with Crippen LogP contribution < -0.4 is 15.4 Å². The van der Waals surface area contributed by atoms with Crippen LogP contribution in [0.5, 0.6) is 5.75 Å². The predicted molar refractivity (Wildman–Crippen MR) is 73.1 cm³/mol. The van der Waals surface area contributed by atoms with E-state index in [1.807, 2.05) is 6.07 Å². The summed E-state index contributed by atoms with van der Waals surface area (Å²) < 4.78 is 10.3. The minimum absolute atomic E-state index is 0.285. The van der Waals surface area contributed by atoms with Crippen molar-refractivity contribution in [2.45, 2.75) is 25.8 Å². The first-order chi connectivity index (χ1) is 8.70. The molecule has 1 aromatic rings. The molecule has 4 nitrogen and oxygen atoms in total. The number of nitrogens with zero attached hydrogens (tertiary/aromatic N) is 1. The highest BCUT2D eigenvalue weighted by Gasteiger charge is 2.18. The lowest BCUT2D eigenvalue weighted by atomic mass is 10.0. The smallest absolute Gasteiger partial charge is 0.188 e. The van der Waals surface area contributed by atoms with Crippen molar-refractivity contribution in [1.29, 1.82) is 0 Å². The van der Waals surface area contributed by atoms with Gasteiger partial charge in [-0.3, -0.25) is 0 Å². The zero-order chi connectivity index (χ0) is 13.0. The molecule has 100 valence electrons. The first-order valence-electron chi connectivity index (χ1n) is 6.43. The van der Waals surface area contributed by atoms with Crippen LogP contribution in [0.15, 0.2) is 18.2 Å². The third-order valence-electron chi connectivity index (χ3n) is 3.31. The number of methoxy groups -OCH3 is 1. The number of piperidine rings is 1. The number of ether oxygens (including phenoxy) is 2. The Morgan fingerprint density at radius 2 is 2.28 bits per heavy atom. The van der Waals surface area contributed by atoms with E-state index in [-0.39, 0.29) is 6.79 Å². The minimum Gasteiger partial charge on any atom is -0.468 e. The van der Waals surface area contributed by atoms with Crippen molar-refractivity contribution in [3.63, 3.8) is 0 Å². The molecule has 0 radical (unpaired) electrons. The van der Waals surface area contributed by atoms with E-state index in [0.717, 1.165) is 25.3 Å². The van der Waals surface area contributed by atoms with Gasteiger partial charge in [0.05, 0.1) is 0 Å². The summed E-state index contributed by atoms with van der Waals surface area (Å²) in [6.45, 7) is 4.43. The van der Waals surface area contributed by atoms with Crippen LogP contribution in [0, 0.1) is 6.92 Å². The molecule has 1 unspecified atom stereocenters. The fraction of sp³-hybridized carbons (Fsp3) is 0.571. The van der Waals surface area contributed by atoms with Crippen molar-refractivity contribution in [3.8, 4) is 5.75 Å². The van der Waals surface area contributed by atoms with Gasteiger partial charge in [0.1, 0.15) is 5.75 Å². The molecule has 1 aliphatic heterocycles. The first kappa shape index (κ1) is 13.2. The van der Waals surface area contributed by atoms with Crippen molar-refractivity contribution in [3.05, 3.63) is 23.8 Å². The Morgan fingerprint density at radius 1 is 1.44 bits per heavy atom. The van der Waals surface area contributed by atoms with Gasteiger partial charge in [-0.15, -0.1) is 0 Å². The molecule has 0 bridgehead atoms. The number of hydrogen-bond acceptors (Lipinski definition) is 4. The van der Waals surface area contributed by atoms with Crippen LogP contribution in [0.4, 0.5) is 5.69 Å². The van der Waals surface area contributed by atoms with Crippen molar-refractivity contribution in [2.24, 2.45) is 5.73 Å². The number of nitrogens with two attached hydrogens (primary N) is 1. The molecule has 0 aliphatic carbocycles. The highest BCUT2D eigenvalue weighted by molar-refractivity contribution is 5.56. The molecule has 1 aromatic carbocycles. The molecule has 1 fully saturated rings. The second-order valence-electron chi connectivity index (χ2n) is 4.85. The van der Waals surface area contributed by atoms with E-state index in [1.54, 1.807) is 7.11 Å². The summed E-state index contributed by atoms with van der Waals surface area (Å²) in [7, 11) is 1.62. The lowest BCUT2D eigenvalue weighted by Crippen LogP contribution is -2.43. The molecular weight excluding hydrogens is 228 g/mol. The van der Waals surface area contributed by atoms with E-state index < -0.39 is 0 Å². The highest BCUT2D eigenvalue weighted by Crippen LogP contribution is 2.27. The van der Waals surface area contributed by atoms with Gasteiger partial charge in [0.2, 0.25) is 0 Å². The molecule has 1 aliphatic rings. The van der Waals surface area contributed by atoms with Crippen LogP contribution in [0.2, 0.25) is 0 Å². The molecule has 18 heavy (non-hydrogen) atoms. The van der Waals surface area contributed by atoms with Crippen molar-refractivity contribution >= 4 is 5.69 Å². The van der Waals surface area contributed by atoms with Gasteiger partial charge in [0.25, 0.3) is 0 Å². The van der Waals surface area contributed by atoms with Gasteiger partial charge in [0.15, 0.2) is 6.79 Å². The Kier molecular flexibility index (Phi) is 4.44. The van der Waals surface area contributed by atoms with Gasteiger partial charge in [-0.1, -0.05) is 0 Å². The lowest BCUT2D eigenvalue weighted by molar-refractivity contribution is 0.0511. The monoisotopic (exact) mass is 250 g/mol. The zero-order valence-corrected chi connectivity index (χ0v) is 11.2. The minimum atomic E-state index is 0.285. The topological polar surface area (TPSA) is 47.7 Å². The highest BCUT2D eigenvalue weighted by atomic mass is 16.7.